The van der Waals surface area contributed by atoms with Gasteiger partial charge in [0.15, 0.2) is 5.76 Å². The second kappa shape index (κ2) is 7.27. The third-order valence-electron chi connectivity index (χ3n) is 5.68. The number of nitrogens with zero attached hydrogens (tertiary/aromatic N) is 3. The SMILES string of the molecule is CC1Sc2c(C(=O)O)c(=O)c3cc(F)c(N4CCN(Cc5coc(=O)o5)CC4)cc3n21. The molecule has 2 aliphatic heterocycles. The van der Waals surface area contributed by atoms with Crippen LogP contribution in [-0.4, -0.2) is 46.7 Å². The number of aromatic nitrogens is 1. The fourth-order valence-electron chi connectivity index (χ4n) is 4.17. The van der Waals surface area contributed by atoms with E-state index in [1.807, 2.05) is 11.8 Å². The van der Waals surface area contributed by atoms with E-state index in [2.05, 4.69) is 9.32 Å². The quantitative estimate of drug-likeness (QED) is 0.644. The van der Waals surface area contributed by atoms with Gasteiger partial charge < -0.3 is 23.4 Å². The van der Waals surface area contributed by atoms with E-state index in [0.29, 0.717) is 54.7 Å². The van der Waals surface area contributed by atoms with Crippen molar-refractivity contribution in [2.75, 3.05) is 31.1 Å². The zero-order valence-corrected chi connectivity index (χ0v) is 17.3. The molecule has 2 aromatic heterocycles. The number of aromatic carboxylic acids is 1. The van der Waals surface area contributed by atoms with Crippen LogP contribution in [0.15, 0.2) is 41.8 Å². The number of benzene rings is 1. The molecule has 11 heteroatoms. The lowest BCUT2D eigenvalue weighted by atomic mass is 10.1. The average Bonchev–Trinajstić information content (AvgIpc) is 3.13. The maximum absolute atomic E-state index is 15.0. The van der Waals surface area contributed by atoms with E-state index < -0.39 is 23.0 Å². The highest BCUT2D eigenvalue weighted by Gasteiger charge is 2.33. The Labute approximate surface area is 178 Å². The molecule has 162 valence electrons. The predicted molar refractivity (Wildman–Crippen MR) is 110 cm³/mol. The van der Waals surface area contributed by atoms with Gasteiger partial charge in [-0.3, -0.25) is 9.69 Å². The first-order valence-electron chi connectivity index (χ1n) is 9.70. The molecule has 5 rings (SSSR count). The van der Waals surface area contributed by atoms with Crippen molar-refractivity contribution in [3.05, 3.63) is 56.4 Å². The first-order chi connectivity index (χ1) is 14.8. The summed E-state index contributed by atoms with van der Waals surface area (Å²) >= 11 is 1.32. The number of rotatable bonds is 4. The van der Waals surface area contributed by atoms with Crippen molar-refractivity contribution < 1.29 is 23.1 Å². The third kappa shape index (κ3) is 3.24. The van der Waals surface area contributed by atoms with Crippen molar-refractivity contribution in [1.29, 1.82) is 0 Å². The summed E-state index contributed by atoms with van der Waals surface area (Å²) in [6.45, 7) is 4.65. The number of hydrogen-bond donors (Lipinski definition) is 1. The molecule has 4 heterocycles. The topological polar surface area (TPSA) is 109 Å². The van der Waals surface area contributed by atoms with E-state index in [9.17, 15) is 23.9 Å². The van der Waals surface area contributed by atoms with Gasteiger partial charge in [-0.1, -0.05) is 11.8 Å². The highest BCUT2D eigenvalue weighted by Crippen LogP contribution is 2.46. The number of carboxylic acid groups (broad SMARTS) is 1. The van der Waals surface area contributed by atoms with Gasteiger partial charge in [0.05, 0.1) is 28.1 Å². The van der Waals surface area contributed by atoms with Crippen LogP contribution < -0.4 is 16.2 Å². The smallest absolute Gasteiger partial charge is 0.477 e. The Bertz CT molecular complexity index is 1320. The average molecular weight is 447 g/mol. The minimum atomic E-state index is -1.30. The minimum absolute atomic E-state index is 0.0454. The van der Waals surface area contributed by atoms with Gasteiger partial charge in [0.2, 0.25) is 5.43 Å². The van der Waals surface area contributed by atoms with Crippen molar-refractivity contribution >= 4 is 34.3 Å². The van der Waals surface area contributed by atoms with Gasteiger partial charge >= 0.3 is 11.8 Å². The summed E-state index contributed by atoms with van der Waals surface area (Å²) in [7, 11) is 0. The number of thioether (sulfide) groups is 1. The number of fused-ring (bicyclic) bond motifs is 3. The lowest BCUT2D eigenvalue weighted by molar-refractivity contribution is 0.0689. The van der Waals surface area contributed by atoms with E-state index in [4.69, 9.17) is 4.42 Å². The molecule has 0 amide bonds. The van der Waals surface area contributed by atoms with Gasteiger partial charge in [0.1, 0.15) is 17.6 Å². The van der Waals surface area contributed by atoms with Crippen molar-refractivity contribution in [3.63, 3.8) is 0 Å². The van der Waals surface area contributed by atoms with Crippen molar-refractivity contribution in [2.24, 2.45) is 0 Å². The molecule has 1 aromatic carbocycles. The molecule has 2 aliphatic rings. The Morgan fingerprint density at radius 3 is 2.61 bits per heavy atom. The Kier molecular flexibility index (Phi) is 4.67. The molecule has 31 heavy (non-hydrogen) atoms. The van der Waals surface area contributed by atoms with E-state index >= 15 is 0 Å². The molecule has 1 fully saturated rings. The molecule has 0 saturated carbocycles. The van der Waals surface area contributed by atoms with E-state index in [1.54, 1.807) is 10.6 Å². The van der Waals surface area contributed by atoms with Crippen molar-refractivity contribution in [3.8, 4) is 0 Å². The van der Waals surface area contributed by atoms with Gasteiger partial charge in [-0.25, -0.2) is 14.0 Å². The number of halogens is 1. The number of carbonyl (C=O) groups is 1. The van der Waals surface area contributed by atoms with Crippen LogP contribution in [0.1, 0.15) is 28.4 Å². The molecular weight excluding hydrogens is 429 g/mol. The first kappa shape index (κ1) is 19.9. The summed E-state index contributed by atoms with van der Waals surface area (Å²) in [6, 6.07) is 2.79. The number of piperazine rings is 1. The molecule has 0 spiro atoms. The Balaban J connectivity index is 1.46. The summed E-state index contributed by atoms with van der Waals surface area (Å²) in [5, 5.41) is 9.88. The van der Waals surface area contributed by atoms with Crippen molar-refractivity contribution in [1.82, 2.24) is 9.47 Å². The van der Waals surface area contributed by atoms with Gasteiger partial charge in [-0.05, 0) is 19.1 Å². The second-order valence-corrected chi connectivity index (χ2v) is 8.84. The van der Waals surface area contributed by atoms with Crippen LogP contribution in [0.4, 0.5) is 10.1 Å². The third-order valence-corrected chi connectivity index (χ3v) is 6.86. The van der Waals surface area contributed by atoms with Crippen LogP contribution in [-0.2, 0) is 6.54 Å². The molecule has 0 radical (unpaired) electrons. The number of carboxylic acids is 1. The standard InChI is InChI=1S/C20H18FN3O6S/c1-10-24-14-7-15(13(21)6-12(14)17(25)16(19(26)27)18(24)31-10)23-4-2-22(3-5-23)8-11-9-29-20(28)30-11/h6-7,9-10H,2-5,8H2,1H3,(H,26,27). The van der Waals surface area contributed by atoms with Crippen LogP contribution in [0.25, 0.3) is 10.9 Å². The van der Waals surface area contributed by atoms with E-state index in [0.717, 1.165) is 6.07 Å². The highest BCUT2D eigenvalue weighted by atomic mass is 32.2. The van der Waals surface area contributed by atoms with Gasteiger partial charge in [-0.2, -0.15) is 0 Å². The van der Waals surface area contributed by atoms with Crippen LogP contribution in [0.2, 0.25) is 0 Å². The molecular formula is C20H18FN3O6S. The Hall–Kier alpha value is -3.05. The highest BCUT2D eigenvalue weighted by molar-refractivity contribution is 8.00. The maximum Gasteiger partial charge on any atom is 0.518 e. The first-order valence-corrected chi connectivity index (χ1v) is 10.6. The lowest BCUT2D eigenvalue weighted by Gasteiger charge is -2.37. The zero-order chi connectivity index (χ0) is 21.9. The molecule has 1 atom stereocenters. The monoisotopic (exact) mass is 447 g/mol. The molecule has 3 aromatic rings. The Morgan fingerprint density at radius 2 is 2.00 bits per heavy atom. The molecule has 0 aliphatic carbocycles. The molecule has 1 unspecified atom stereocenters. The summed E-state index contributed by atoms with van der Waals surface area (Å²) in [6.07, 6.45) is 1.29. The number of anilines is 1. The van der Waals surface area contributed by atoms with Crippen LogP contribution in [0.5, 0.6) is 0 Å². The fourth-order valence-corrected chi connectivity index (χ4v) is 5.33. The zero-order valence-electron chi connectivity index (χ0n) is 16.5. The van der Waals surface area contributed by atoms with E-state index in [1.165, 1.54) is 18.0 Å². The normalized spacial score (nSPS) is 18.8. The largest absolute Gasteiger partial charge is 0.518 e. The minimum Gasteiger partial charge on any atom is -0.477 e. The summed E-state index contributed by atoms with van der Waals surface area (Å²) in [5.74, 6) is -2.16. The van der Waals surface area contributed by atoms with Crippen LogP contribution >= 0.6 is 11.8 Å². The predicted octanol–water partition coefficient (Wildman–Crippen LogP) is 2.33. The van der Waals surface area contributed by atoms with Crippen LogP contribution in [0.3, 0.4) is 0 Å². The van der Waals surface area contributed by atoms with E-state index in [-0.39, 0.29) is 16.3 Å². The molecule has 1 saturated heterocycles. The van der Waals surface area contributed by atoms with Crippen molar-refractivity contribution in [2.45, 2.75) is 23.9 Å². The second-order valence-electron chi connectivity index (χ2n) is 7.54. The summed E-state index contributed by atoms with van der Waals surface area (Å²) < 4.78 is 26.4. The molecule has 9 nitrogen and oxygen atoms in total. The number of hydrogen-bond acceptors (Lipinski definition) is 8. The number of pyridine rings is 1. The van der Waals surface area contributed by atoms with Gasteiger partial charge in [-0.15, -0.1) is 0 Å². The maximum atomic E-state index is 15.0. The molecule has 0 bridgehead atoms. The summed E-state index contributed by atoms with van der Waals surface area (Å²) in [4.78, 5) is 39.3. The van der Waals surface area contributed by atoms with Crippen LogP contribution in [0, 0.1) is 5.82 Å². The lowest BCUT2D eigenvalue weighted by Crippen LogP contribution is -2.46. The Morgan fingerprint density at radius 1 is 1.26 bits per heavy atom. The summed E-state index contributed by atoms with van der Waals surface area (Å²) in [5.41, 5.74) is -0.0502. The van der Waals surface area contributed by atoms with Gasteiger partial charge in [0, 0.05) is 31.6 Å². The molecule has 1 N–H and O–H groups in total. The fraction of sp³-hybridized carbons (Fsp3) is 0.350. The van der Waals surface area contributed by atoms with Gasteiger partial charge in [0.25, 0.3) is 0 Å².